The molecule has 1 aliphatic carbocycles. The van der Waals surface area contributed by atoms with Gasteiger partial charge in [0.25, 0.3) is 11.8 Å². The number of piperidine rings is 1. The van der Waals surface area contributed by atoms with Crippen molar-refractivity contribution in [2.24, 2.45) is 16.8 Å². The Hall–Kier alpha value is -2.47. The highest BCUT2D eigenvalue weighted by molar-refractivity contribution is 7.89. The fraction of sp³-hybridized carbons (Fsp3) is 0.710. The number of sulfonamides is 1. The molecule has 0 aromatic heterocycles. The largest absolute Gasteiger partial charge is 0.389 e. The lowest BCUT2D eigenvalue weighted by Gasteiger charge is -2.34. The van der Waals surface area contributed by atoms with Gasteiger partial charge in [0.1, 0.15) is 11.4 Å². The van der Waals surface area contributed by atoms with Crippen molar-refractivity contribution in [3.05, 3.63) is 34.4 Å². The van der Waals surface area contributed by atoms with E-state index in [1.54, 1.807) is 0 Å². The number of nitrogens with one attached hydrogen (secondary N) is 1. The van der Waals surface area contributed by atoms with E-state index in [2.05, 4.69) is 5.32 Å². The molecule has 5 rings (SSSR count). The first-order valence-corrected chi connectivity index (χ1v) is 17.2. The first kappa shape index (κ1) is 31.9. The maximum Gasteiger partial charge on any atom is 0.389 e. The van der Waals surface area contributed by atoms with Crippen LogP contribution in [0.4, 0.5) is 13.2 Å². The highest BCUT2D eigenvalue weighted by Gasteiger charge is 2.48. The summed E-state index contributed by atoms with van der Waals surface area (Å²) in [5.41, 5.74) is 2.43. The van der Waals surface area contributed by atoms with Crippen molar-refractivity contribution in [3.8, 4) is 0 Å². The Morgan fingerprint density at radius 2 is 1.63 bits per heavy atom. The number of carbonyl (C=O) groups excluding carboxylic acids is 2. The fourth-order valence-corrected chi connectivity index (χ4v) is 8.73. The van der Waals surface area contributed by atoms with E-state index in [-0.39, 0.29) is 48.9 Å². The van der Waals surface area contributed by atoms with Crippen LogP contribution >= 0.6 is 0 Å². The molecule has 1 aromatic rings. The molecule has 2 saturated heterocycles. The molecule has 3 fully saturated rings. The number of aliphatic imine (C=N–C) groups is 1. The molecule has 3 aliphatic heterocycles. The van der Waals surface area contributed by atoms with Gasteiger partial charge < -0.3 is 10.2 Å². The van der Waals surface area contributed by atoms with Gasteiger partial charge >= 0.3 is 6.18 Å². The van der Waals surface area contributed by atoms with Gasteiger partial charge in [-0.05, 0) is 113 Å². The van der Waals surface area contributed by atoms with Gasteiger partial charge in [0.2, 0.25) is 10.0 Å². The smallest absolute Gasteiger partial charge is 0.339 e. The Balaban J connectivity index is 1.15. The summed E-state index contributed by atoms with van der Waals surface area (Å²) in [6, 6.07) is 3.73. The number of aryl methyl sites for hydroxylation is 2. The number of amides is 2. The lowest BCUT2D eigenvalue weighted by molar-refractivity contribution is -0.138. The molecule has 1 spiro atoms. The Morgan fingerprint density at radius 3 is 2.21 bits per heavy atom. The molecular weight excluding hydrogens is 581 g/mol. The van der Waals surface area contributed by atoms with Gasteiger partial charge in [-0.25, -0.2) is 12.7 Å². The molecule has 1 aromatic carbocycles. The predicted octanol–water partition coefficient (Wildman–Crippen LogP) is 4.92. The molecule has 3 heterocycles. The van der Waals surface area contributed by atoms with E-state index in [1.165, 1.54) is 4.31 Å². The minimum atomic E-state index is -4.13. The van der Waals surface area contributed by atoms with Crippen LogP contribution in [0.3, 0.4) is 0 Å². The van der Waals surface area contributed by atoms with E-state index < -0.39 is 28.2 Å². The Labute approximate surface area is 252 Å². The van der Waals surface area contributed by atoms with Crippen LogP contribution in [0, 0.1) is 25.7 Å². The number of hydrogen-bond acceptors (Lipinski definition) is 5. The van der Waals surface area contributed by atoms with Gasteiger partial charge in [-0.2, -0.15) is 13.2 Å². The molecule has 0 unspecified atom stereocenters. The second kappa shape index (κ2) is 12.5. The summed E-state index contributed by atoms with van der Waals surface area (Å²) in [4.78, 5) is 32.6. The van der Waals surface area contributed by atoms with Gasteiger partial charge in [-0.1, -0.05) is 0 Å². The van der Waals surface area contributed by atoms with E-state index in [9.17, 15) is 31.2 Å². The van der Waals surface area contributed by atoms with E-state index >= 15 is 0 Å². The van der Waals surface area contributed by atoms with Crippen molar-refractivity contribution in [2.45, 2.75) is 96.2 Å². The third-order valence-electron chi connectivity index (χ3n) is 9.96. The summed E-state index contributed by atoms with van der Waals surface area (Å²) in [5, 5.41) is 2.93. The predicted molar refractivity (Wildman–Crippen MR) is 158 cm³/mol. The van der Waals surface area contributed by atoms with E-state index in [0.717, 1.165) is 42.6 Å². The summed E-state index contributed by atoms with van der Waals surface area (Å²) in [7, 11) is -3.58. The molecule has 8 nitrogen and oxygen atoms in total. The SMILES string of the molecule is Cc1cc(C(=O)N2CCCC2)cc(C)c1CCS(=O)(=O)N1CCC2(CC1)N=C(C1CCC(CCC(F)(F)F)CC1)NC2=O. The van der Waals surface area contributed by atoms with Crippen LogP contribution in [0.2, 0.25) is 0 Å². The molecule has 4 aliphatic rings. The monoisotopic (exact) mass is 624 g/mol. The number of carbonyl (C=O) groups is 2. The lowest BCUT2D eigenvalue weighted by atomic mass is 9.79. The second-order valence-corrected chi connectivity index (χ2v) is 15.0. The van der Waals surface area contributed by atoms with Crippen molar-refractivity contribution in [2.75, 3.05) is 31.9 Å². The standard InChI is InChI=1S/C31H43F3N4O4S/c1-21-19-25(28(39)37-14-3-4-15-37)20-22(2)26(21)10-18-43(41,42)38-16-12-30(13-17-38)29(40)35-27(36-30)24-7-5-23(6-8-24)9-11-31(32,33)34/h19-20,23-24H,3-18H2,1-2H3,(H,35,36,40). The van der Waals surface area contributed by atoms with Crippen LogP contribution < -0.4 is 5.32 Å². The summed E-state index contributed by atoms with van der Waals surface area (Å²) in [6.45, 7) is 5.80. The molecule has 43 heavy (non-hydrogen) atoms. The van der Waals surface area contributed by atoms with Crippen molar-refractivity contribution in [1.82, 2.24) is 14.5 Å². The number of rotatable bonds is 8. The van der Waals surface area contributed by atoms with E-state index in [4.69, 9.17) is 4.99 Å². The lowest BCUT2D eigenvalue weighted by Crippen LogP contribution is -2.51. The zero-order chi connectivity index (χ0) is 31.0. The third kappa shape index (κ3) is 7.27. The number of alkyl halides is 3. The summed E-state index contributed by atoms with van der Waals surface area (Å²) < 4.78 is 65.9. The molecule has 2 amide bonds. The number of amidine groups is 1. The Bertz CT molecular complexity index is 1330. The molecule has 0 atom stereocenters. The van der Waals surface area contributed by atoms with Gasteiger partial charge in [-0.3, -0.25) is 14.6 Å². The van der Waals surface area contributed by atoms with Crippen LogP contribution in [0.25, 0.3) is 0 Å². The maximum atomic E-state index is 13.3. The van der Waals surface area contributed by atoms with Crippen molar-refractivity contribution < 1.29 is 31.2 Å². The van der Waals surface area contributed by atoms with Crippen LogP contribution in [-0.2, 0) is 21.2 Å². The minimum Gasteiger partial charge on any atom is -0.339 e. The first-order chi connectivity index (χ1) is 20.3. The van der Waals surface area contributed by atoms with Crippen molar-refractivity contribution >= 4 is 27.7 Å². The topological polar surface area (TPSA) is 99.2 Å². The number of halogens is 3. The average Bonchev–Trinajstić information content (AvgIpc) is 3.60. The van der Waals surface area contributed by atoms with Crippen LogP contribution in [0.1, 0.15) is 91.3 Å². The summed E-state index contributed by atoms with van der Waals surface area (Å²) in [5.74, 6) is 0.457. The highest BCUT2D eigenvalue weighted by Crippen LogP contribution is 2.38. The van der Waals surface area contributed by atoms with Gasteiger partial charge in [-0.15, -0.1) is 0 Å². The Morgan fingerprint density at radius 1 is 1.02 bits per heavy atom. The van der Waals surface area contributed by atoms with Gasteiger partial charge in [0.15, 0.2) is 0 Å². The van der Waals surface area contributed by atoms with Crippen LogP contribution in [0.5, 0.6) is 0 Å². The van der Waals surface area contributed by atoms with Crippen molar-refractivity contribution in [3.63, 3.8) is 0 Å². The quantitative estimate of drug-likeness (QED) is 0.444. The zero-order valence-electron chi connectivity index (χ0n) is 25.1. The van der Waals surface area contributed by atoms with Gasteiger partial charge in [0.05, 0.1) is 5.75 Å². The zero-order valence-corrected chi connectivity index (χ0v) is 26.0. The number of hydrogen-bond donors (Lipinski definition) is 1. The molecule has 12 heteroatoms. The molecule has 1 saturated carbocycles. The van der Waals surface area contributed by atoms with Crippen molar-refractivity contribution in [1.29, 1.82) is 0 Å². The number of nitrogens with zero attached hydrogens (tertiary/aromatic N) is 3. The average molecular weight is 625 g/mol. The van der Waals surface area contributed by atoms with Crippen LogP contribution in [-0.4, -0.2) is 78.9 Å². The van der Waals surface area contributed by atoms with E-state index in [0.29, 0.717) is 56.3 Å². The number of benzene rings is 1. The number of likely N-dealkylation sites (tertiary alicyclic amines) is 1. The van der Waals surface area contributed by atoms with Crippen LogP contribution in [0.15, 0.2) is 17.1 Å². The molecular formula is C31H43F3N4O4S. The van der Waals surface area contributed by atoms with Gasteiger partial charge in [0, 0.05) is 44.1 Å². The maximum absolute atomic E-state index is 13.3. The third-order valence-corrected chi connectivity index (χ3v) is 11.8. The normalized spacial score (nSPS) is 24.8. The van der Waals surface area contributed by atoms with E-state index in [1.807, 2.05) is 30.9 Å². The fourth-order valence-electron chi connectivity index (χ4n) is 7.27. The molecule has 0 bridgehead atoms. The Kier molecular flexibility index (Phi) is 9.28. The molecule has 1 N–H and O–H groups in total. The molecule has 238 valence electrons. The highest BCUT2D eigenvalue weighted by atomic mass is 32.2. The summed E-state index contributed by atoms with van der Waals surface area (Å²) in [6.07, 6.45) is 1.01. The minimum absolute atomic E-state index is 0.0238. The molecule has 0 radical (unpaired) electrons. The second-order valence-electron chi connectivity index (χ2n) is 12.9. The first-order valence-electron chi connectivity index (χ1n) is 15.6. The summed E-state index contributed by atoms with van der Waals surface area (Å²) >= 11 is 0.